The van der Waals surface area contributed by atoms with Crippen LogP contribution < -0.4 is 15.9 Å². The highest BCUT2D eigenvalue weighted by molar-refractivity contribution is 7.16. The number of aromatic nitrogens is 4. The lowest BCUT2D eigenvalue weighted by molar-refractivity contribution is 0.0957. The monoisotopic (exact) mass is 497 g/mol. The van der Waals surface area contributed by atoms with E-state index in [-0.39, 0.29) is 5.91 Å². The molecule has 3 aromatic heterocycles. The van der Waals surface area contributed by atoms with Crippen LogP contribution in [0.5, 0.6) is 0 Å². The maximum atomic E-state index is 12.9. The molecule has 3 aromatic rings. The van der Waals surface area contributed by atoms with Gasteiger partial charge in [-0.2, -0.15) is 0 Å². The molecule has 0 bridgehead atoms. The average Bonchev–Trinajstić information content (AvgIpc) is 3.77. The van der Waals surface area contributed by atoms with Gasteiger partial charge in [-0.05, 0) is 85.7 Å². The third kappa shape index (κ3) is 5.44. The minimum atomic E-state index is -0.135. The fraction of sp³-hybridized carbons (Fsp3) is 0.345. The largest absolute Gasteiger partial charge is 0.348 e. The Labute approximate surface area is 214 Å². The van der Waals surface area contributed by atoms with Crippen molar-refractivity contribution in [1.29, 1.82) is 0 Å². The summed E-state index contributed by atoms with van der Waals surface area (Å²) in [7, 11) is 2.83. The highest BCUT2D eigenvalue weighted by Gasteiger charge is 2.25. The van der Waals surface area contributed by atoms with Crippen molar-refractivity contribution in [2.24, 2.45) is 0 Å². The number of aryl methyl sites for hydroxylation is 1. The number of hydrogen-bond acceptors (Lipinski definition) is 5. The van der Waals surface area contributed by atoms with Gasteiger partial charge < -0.3 is 5.32 Å². The highest BCUT2D eigenvalue weighted by atomic mass is 31.0. The molecule has 1 fully saturated rings. The summed E-state index contributed by atoms with van der Waals surface area (Å²) in [4.78, 5) is 31.5. The van der Waals surface area contributed by atoms with Crippen LogP contribution in [0, 0.1) is 0 Å². The van der Waals surface area contributed by atoms with Gasteiger partial charge in [0.15, 0.2) is 0 Å². The van der Waals surface area contributed by atoms with E-state index < -0.39 is 0 Å². The number of nitrogens with one attached hydrogen (secondary N) is 1. The second kappa shape index (κ2) is 10.8. The second-order valence-electron chi connectivity index (χ2n) is 9.63. The zero-order valence-corrected chi connectivity index (χ0v) is 21.9. The SMILES string of the molecule is C=C(/C=c1/nc(-c2cncc(C3CC3)n2)cc/c1=C/C)CNC(=O)c1cnc2c(c1)C(CP)CCC2. The van der Waals surface area contributed by atoms with Gasteiger partial charge in [0.2, 0.25) is 0 Å². The summed E-state index contributed by atoms with van der Waals surface area (Å²) in [6.07, 6.45) is 15.9. The molecule has 1 amide bonds. The first kappa shape index (κ1) is 24.5. The molecule has 3 heterocycles. The quantitative estimate of drug-likeness (QED) is 0.504. The molecule has 2 unspecified atom stereocenters. The summed E-state index contributed by atoms with van der Waals surface area (Å²) >= 11 is 0. The maximum absolute atomic E-state index is 12.9. The van der Waals surface area contributed by atoms with Crippen LogP contribution in [0.2, 0.25) is 0 Å². The number of nitrogens with zero attached hydrogens (tertiary/aromatic N) is 4. The van der Waals surface area contributed by atoms with Crippen LogP contribution in [-0.2, 0) is 6.42 Å². The summed E-state index contributed by atoms with van der Waals surface area (Å²) < 4.78 is 0. The molecule has 1 saturated carbocycles. The molecule has 1 N–H and O–H groups in total. The Hall–Kier alpha value is -3.24. The van der Waals surface area contributed by atoms with E-state index in [4.69, 9.17) is 9.97 Å². The lowest BCUT2D eigenvalue weighted by Crippen LogP contribution is -2.30. The minimum Gasteiger partial charge on any atom is -0.348 e. The highest BCUT2D eigenvalue weighted by Crippen LogP contribution is 2.39. The lowest BCUT2D eigenvalue weighted by Gasteiger charge is -2.23. The number of amides is 1. The van der Waals surface area contributed by atoms with Crippen molar-refractivity contribution in [2.45, 2.75) is 50.9 Å². The van der Waals surface area contributed by atoms with Crippen LogP contribution in [-0.4, -0.2) is 38.5 Å². The molecule has 0 spiro atoms. The van der Waals surface area contributed by atoms with Crippen LogP contribution in [0.15, 0.2) is 48.9 Å². The van der Waals surface area contributed by atoms with E-state index in [1.165, 1.54) is 18.4 Å². The van der Waals surface area contributed by atoms with Crippen molar-refractivity contribution in [1.82, 2.24) is 25.3 Å². The van der Waals surface area contributed by atoms with Gasteiger partial charge in [0, 0.05) is 30.6 Å². The summed E-state index contributed by atoms with van der Waals surface area (Å²) in [6.45, 7) is 6.48. The summed E-state index contributed by atoms with van der Waals surface area (Å²) in [5, 5.41) is 4.79. The molecule has 0 aromatic carbocycles. The zero-order valence-electron chi connectivity index (χ0n) is 20.7. The Kier molecular flexibility index (Phi) is 7.33. The molecule has 2 aliphatic carbocycles. The van der Waals surface area contributed by atoms with E-state index in [1.54, 1.807) is 12.4 Å². The summed E-state index contributed by atoms with van der Waals surface area (Å²) in [6, 6.07) is 6.03. The van der Waals surface area contributed by atoms with E-state index >= 15 is 0 Å². The first-order valence-electron chi connectivity index (χ1n) is 12.7. The fourth-order valence-corrected chi connectivity index (χ4v) is 5.21. The zero-order chi connectivity index (χ0) is 25.1. The maximum Gasteiger partial charge on any atom is 0.253 e. The van der Waals surface area contributed by atoms with E-state index in [1.807, 2.05) is 43.5 Å². The molecule has 2 aliphatic rings. The normalized spacial score (nSPS) is 18.1. The summed E-state index contributed by atoms with van der Waals surface area (Å²) in [5.41, 5.74) is 6.31. The van der Waals surface area contributed by atoms with Crippen LogP contribution in [0.3, 0.4) is 0 Å². The predicted molar refractivity (Wildman–Crippen MR) is 147 cm³/mol. The molecule has 0 aliphatic heterocycles. The molecular formula is C29H32N5OP. The first-order valence-corrected chi connectivity index (χ1v) is 13.5. The fourth-order valence-electron chi connectivity index (χ4n) is 4.72. The van der Waals surface area contributed by atoms with E-state index in [0.29, 0.717) is 23.9 Å². The molecule has 7 heteroatoms. The number of pyridine rings is 2. The van der Waals surface area contributed by atoms with Gasteiger partial charge in [0.25, 0.3) is 5.91 Å². The number of rotatable bonds is 7. The standard InChI is InChI=1S/C29H32N5OP/c1-3-19-9-10-25(28-16-30-15-27(34-28)20-7-8-20)33-26(19)11-18(2)13-32-29(35)22-12-23-21(17-36)5-4-6-24(23)31-14-22/h3,9-12,14-16,20-21H,2,4-8,13,17,36H2,1H3,(H,32,35)/b19-3-,26-11+. The predicted octanol–water partition coefficient (Wildman–Crippen LogP) is 3.67. The molecule has 0 radical (unpaired) electrons. The smallest absolute Gasteiger partial charge is 0.253 e. The molecule has 184 valence electrons. The van der Waals surface area contributed by atoms with E-state index in [2.05, 4.69) is 31.1 Å². The van der Waals surface area contributed by atoms with Gasteiger partial charge in [0.1, 0.15) is 5.69 Å². The Morgan fingerprint density at radius 2 is 2.03 bits per heavy atom. The second-order valence-corrected chi connectivity index (χ2v) is 10.1. The van der Waals surface area contributed by atoms with Crippen LogP contribution in [0.1, 0.15) is 71.8 Å². The molecular weight excluding hydrogens is 465 g/mol. The van der Waals surface area contributed by atoms with Crippen molar-refractivity contribution in [2.75, 3.05) is 12.7 Å². The van der Waals surface area contributed by atoms with Gasteiger partial charge in [-0.3, -0.25) is 14.8 Å². The lowest BCUT2D eigenvalue weighted by atomic mass is 9.86. The van der Waals surface area contributed by atoms with Gasteiger partial charge in [-0.15, -0.1) is 9.24 Å². The summed E-state index contributed by atoms with van der Waals surface area (Å²) in [5.74, 6) is 0.857. The molecule has 5 rings (SSSR count). The Morgan fingerprint density at radius 1 is 1.17 bits per heavy atom. The minimum absolute atomic E-state index is 0.135. The Morgan fingerprint density at radius 3 is 2.81 bits per heavy atom. The van der Waals surface area contributed by atoms with Crippen molar-refractivity contribution in [3.63, 3.8) is 0 Å². The van der Waals surface area contributed by atoms with E-state index in [0.717, 1.165) is 64.3 Å². The van der Waals surface area contributed by atoms with Crippen LogP contribution >= 0.6 is 9.24 Å². The number of fused-ring (bicyclic) bond motifs is 1. The van der Waals surface area contributed by atoms with Gasteiger partial charge in [0.05, 0.1) is 28.5 Å². The Bertz CT molecular complexity index is 1430. The first-order chi connectivity index (χ1) is 17.6. The molecule has 36 heavy (non-hydrogen) atoms. The third-order valence-corrected chi connectivity index (χ3v) is 7.52. The van der Waals surface area contributed by atoms with Crippen LogP contribution in [0.4, 0.5) is 0 Å². The number of carbonyl (C=O) groups excluding carboxylic acids is 1. The molecule has 6 nitrogen and oxygen atoms in total. The third-order valence-electron chi connectivity index (χ3n) is 6.95. The van der Waals surface area contributed by atoms with Crippen molar-refractivity contribution < 1.29 is 4.79 Å². The van der Waals surface area contributed by atoms with Crippen molar-refractivity contribution in [3.8, 4) is 11.4 Å². The van der Waals surface area contributed by atoms with Crippen LogP contribution in [0.25, 0.3) is 23.5 Å². The molecule has 0 saturated heterocycles. The van der Waals surface area contributed by atoms with Gasteiger partial charge >= 0.3 is 0 Å². The van der Waals surface area contributed by atoms with Crippen molar-refractivity contribution in [3.05, 3.63) is 82.0 Å². The number of carbonyl (C=O) groups is 1. The average molecular weight is 498 g/mol. The Balaban J connectivity index is 1.32. The van der Waals surface area contributed by atoms with Gasteiger partial charge in [-0.25, -0.2) is 9.97 Å². The van der Waals surface area contributed by atoms with Gasteiger partial charge in [-0.1, -0.05) is 18.7 Å². The molecule has 2 atom stereocenters. The van der Waals surface area contributed by atoms with E-state index in [9.17, 15) is 4.79 Å². The topological polar surface area (TPSA) is 80.7 Å². The number of hydrogen-bond donors (Lipinski definition) is 1. The van der Waals surface area contributed by atoms with Crippen molar-refractivity contribution >= 4 is 27.3 Å².